The molecule has 3 N–H and O–H groups in total. The summed E-state index contributed by atoms with van der Waals surface area (Å²) < 4.78 is 45.9. The third-order valence-corrected chi connectivity index (χ3v) is 10.1. The van der Waals surface area contributed by atoms with Crippen LogP contribution in [-0.4, -0.2) is 51.7 Å². The lowest BCUT2D eigenvalue weighted by molar-refractivity contribution is -0.295. The molecule has 4 aliphatic rings. The number of benzene rings is 2. The van der Waals surface area contributed by atoms with Crippen LogP contribution in [0.15, 0.2) is 48.5 Å². The lowest BCUT2D eigenvalue weighted by atomic mass is 9.57. The zero-order valence-corrected chi connectivity index (χ0v) is 26.8. The molecular weight excluding hydrogens is 585 g/mol. The summed E-state index contributed by atoms with van der Waals surface area (Å²) in [6.07, 6.45) is -2.12. The highest BCUT2D eigenvalue weighted by Crippen LogP contribution is 2.54. The predicted octanol–water partition coefficient (Wildman–Crippen LogP) is 7.24. The van der Waals surface area contributed by atoms with Gasteiger partial charge in [0.2, 0.25) is 5.91 Å². The van der Waals surface area contributed by atoms with E-state index < -0.39 is 53.7 Å². The van der Waals surface area contributed by atoms with Crippen LogP contribution in [0.5, 0.6) is 0 Å². The largest absolute Gasteiger partial charge is 0.444 e. The van der Waals surface area contributed by atoms with Crippen molar-refractivity contribution in [1.29, 1.82) is 0 Å². The van der Waals surface area contributed by atoms with Crippen molar-refractivity contribution in [1.82, 2.24) is 5.32 Å². The van der Waals surface area contributed by atoms with Crippen molar-refractivity contribution >= 4 is 17.7 Å². The number of fused-ring (bicyclic) bond motifs is 3. The van der Waals surface area contributed by atoms with Crippen molar-refractivity contribution < 1.29 is 37.7 Å². The molecular formula is C35H45F3N2O5. The van der Waals surface area contributed by atoms with Crippen LogP contribution in [0, 0.1) is 11.3 Å². The number of carbonyl (C=O) groups is 2. The summed E-state index contributed by atoms with van der Waals surface area (Å²) in [5.74, 6) is -1.36. The fraction of sp³-hybridized carbons (Fsp3) is 0.600. The lowest BCUT2D eigenvalue weighted by Gasteiger charge is -2.55. The highest BCUT2D eigenvalue weighted by molar-refractivity contribution is 5.96. The number of hydrogen-bond donors (Lipinski definition) is 3. The molecule has 6 rings (SSSR count). The van der Waals surface area contributed by atoms with E-state index in [2.05, 4.69) is 5.32 Å². The number of alkyl halides is 3. The summed E-state index contributed by atoms with van der Waals surface area (Å²) >= 11 is 0. The molecule has 246 valence electrons. The monoisotopic (exact) mass is 630 g/mol. The van der Waals surface area contributed by atoms with Crippen molar-refractivity contribution in [3.63, 3.8) is 0 Å². The van der Waals surface area contributed by atoms with Gasteiger partial charge in [0.1, 0.15) is 5.60 Å². The quantitative estimate of drug-likeness (QED) is 0.300. The van der Waals surface area contributed by atoms with E-state index >= 15 is 0 Å². The second-order valence-corrected chi connectivity index (χ2v) is 15.2. The van der Waals surface area contributed by atoms with Crippen molar-refractivity contribution in [2.75, 3.05) is 11.4 Å². The Labute approximate surface area is 263 Å². The summed E-state index contributed by atoms with van der Waals surface area (Å²) in [6, 6.07) is 14.9. The standard InChI is InChI=1S/C35H45F3N2O5/c1-30(2,3)45-29(42)39-33-16-13-32(14-17-33,15-18-33)22-40(28(41)25-20-34(44,21-25)35(36,37)38)27-8-6-7-24(19-27)23-9-11-26(12-10-23)31(4,5)43/h6-12,19,25,43-44H,13-18,20-22H2,1-5H3,(H,39,42). The van der Waals surface area contributed by atoms with Gasteiger partial charge >= 0.3 is 12.3 Å². The minimum atomic E-state index is -4.79. The maximum atomic E-state index is 14.0. The number of amides is 2. The Kier molecular flexibility index (Phi) is 8.35. The first-order valence-electron chi connectivity index (χ1n) is 15.8. The van der Waals surface area contributed by atoms with Crippen LogP contribution in [0.1, 0.15) is 91.5 Å². The van der Waals surface area contributed by atoms with Gasteiger partial charge in [0.05, 0.1) is 5.60 Å². The first-order valence-corrected chi connectivity index (χ1v) is 15.8. The molecule has 0 spiro atoms. The molecule has 7 nitrogen and oxygen atoms in total. The molecule has 0 aliphatic heterocycles. The molecule has 0 atom stereocenters. The number of carbonyl (C=O) groups excluding carboxylic acids is 2. The van der Waals surface area contributed by atoms with Gasteiger partial charge in [-0.05, 0) is 120 Å². The Hall–Kier alpha value is -3.11. The average Bonchev–Trinajstić information content (AvgIpc) is 2.93. The summed E-state index contributed by atoms with van der Waals surface area (Å²) in [5.41, 5.74) is -2.01. The Morgan fingerprint density at radius 3 is 2.00 bits per heavy atom. The Bertz CT molecular complexity index is 1390. The molecule has 2 bridgehead atoms. The van der Waals surface area contributed by atoms with Gasteiger partial charge in [-0.1, -0.05) is 36.4 Å². The van der Waals surface area contributed by atoms with Crippen molar-refractivity contribution in [3.05, 3.63) is 54.1 Å². The van der Waals surface area contributed by atoms with E-state index in [0.717, 1.165) is 55.2 Å². The second kappa shape index (κ2) is 11.3. The average molecular weight is 631 g/mol. The van der Waals surface area contributed by atoms with Gasteiger partial charge in [-0.3, -0.25) is 4.79 Å². The molecule has 0 aromatic heterocycles. The first-order chi connectivity index (χ1) is 20.7. The topological polar surface area (TPSA) is 99.1 Å². The number of hydrogen-bond acceptors (Lipinski definition) is 5. The molecule has 4 aliphatic carbocycles. The molecule has 2 amide bonds. The SMILES string of the molecule is CC(C)(C)OC(=O)NC12CCC(CN(C(=O)C3CC(O)(C(F)(F)F)C3)c3cccc(-c4ccc(C(C)(C)O)cc4)c3)(CC1)CC2. The Balaban J connectivity index is 1.38. The zero-order valence-electron chi connectivity index (χ0n) is 26.8. The first kappa shape index (κ1) is 33.3. The van der Waals surface area contributed by atoms with Crippen LogP contribution in [-0.2, 0) is 15.1 Å². The third-order valence-electron chi connectivity index (χ3n) is 10.1. The van der Waals surface area contributed by atoms with E-state index in [1.165, 1.54) is 0 Å². The third kappa shape index (κ3) is 7.02. The fourth-order valence-corrected chi connectivity index (χ4v) is 7.15. The summed E-state index contributed by atoms with van der Waals surface area (Å²) in [6.45, 7) is 9.22. The number of ether oxygens (including phenoxy) is 1. The Morgan fingerprint density at radius 1 is 0.911 bits per heavy atom. The van der Waals surface area contributed by atoms with Crippen LogP contribution in [0.3, 0.4) is 0 Å². The Morgan fingerprint density at radius 2 is 1.49 bits per heavy atom. The van der Waals surface area contributed by atoms with E-state index in [0.29, 0.717) is 12.2 Å². The maximum absolute atomic E-state index is 14.0. The number of nitrogens with one attached hydrogen (secondary N) is 1. The van der Waals surface area contributed by atoms with Gasteiger partial charge in [-0.15, -0.1) is 0 Å². The molecule has 0 radical (unpaired) electrons. The minimum absolute atomic E-state index is 0.249. The molecule has 0 saturated heterocycles. The number of rotatable bonds is 7. The molecule has 45 heavy (non-hydrogen) atoms. The number of alkyl carbamates (subject to hydrolysis) is 1. The zero-order chi connectivity index (χ0) is 33.1. The number of anilines is 1. The smallest absolute Gasteiger partial charge is 0.417 e. The van der Waals surface area contributed by atoms with E-state index in [4.69, 9.17) is 4.74 Å². The second-order valence-electron chi connectivity index (χ2n) is 15.2. The number of nitrogens with zero attached hydrogens (tertiary/aromatic N) is 1. The minimum Gasteiger partial charge on any atom is -0.444 e. The highest BCUT2D eigenvalue weighted by atomic mass is 19.4. The van der Waals surface area contributed by atoms with Crippen LogP contribution in [0.2, 0.25) is 0 Å². The normalized spacial score (nSPS) is 28.3. The molecule has 0 unspecified atom stereocenters. The van der Waals surface area contributed by atoms with Gasteiger partial charge in [-0.25, -0.2) is 4.79 Å². The van der Waals surface area contributed by atoms with Crippen molar-refractivity contribution in [2.24, 2.45) is 11.3 Å². The highest BCUT2D eigenvalue weighted by Gasteiger charge is 2.63. The fourth-order valence-electron chi connectivity index (χ4n) is 7.15. The molecule has 4 saturated carbocycles. The van der Waals surface area contributed by atoms with Gasteiger partial charge in [0.15, 0.2) is 5.60 Å². The molecule has 10 heteroatoms. The van der Waals surface area contributed by atoms with Gasteiger partial charge in [-0.2, -0.15) is 13.2 Å². The lowest BCUT2D eigenvalue weighted by Crippen LogP contribution is -2.61. The van der Waals surface area contributed by atoms with E-state index in [1.807, 2.05) is 63.2 Å². The van der Waals surface area contributed by atoms with E-state index in [1.54, 1.807) is 24.8 Å². The van der Waals surface area contributed by atoms with Gasteiger partial charge in [0, 0.05) is 23.7 Å². The number of halogens is 3. The predicted molar refractivity (Wildman–Crippen MR) is 165 cm³/mol. The van der Waals surface area contributed by atoms with Crippen LogP contribution >= 0.6 is 0 Å². The van der Waals surface area contributed by atoms with Crippen LogP contribution < -0.4 is 10.2 Å². The summed E-state index contributed by atoms with van der Waals surface area (Å²) in [5, 5.41) is 23.6. The van der Waals surface area contributed by atoms with Crippen LogP contribution in [0.4, 0.5) is 23.7 Å². The molecule has 4 fully saturated rings. The van der Waals surface area contributed by atoms with Gasteiger partial charge in [0.25, 0.3) is 0 Å². The van der Waals surface area contributed by atoms with Crippen molar-refractivity contribution in [3.8, 4) is 11.1 Å². The van der Waals surface area contributed by atoms with E-state index in [-0.39, 0.29) is 11.0 Å². The maximum Gasteiger partial charge on any atom is 0.417 e. The molecule has 2 aromatic rings. The number of aliphatic hydroxyl groups is 2. The summed E-state index contributed by atoms with van der Waals surface area (Å²) in [7, 11) is 0. The van der Waals surface area contributed by atoms with Crippen LogP contribution in [0.25, 0.3) is 11.1 Å². The van der Waals surface area contributed by atoms with Crippen molar-refractivity contribution in [2.45, 2.75) is 115 Å². The molecule has 0 heterocycles. The summed E-state index contributed by atoms with van der Waals surface area (Å²) in [4.78, 5) is 28.2. The molecule has 2 aromatic carbocycles. The van der Waals surface area contributed by atoms with Gasteiger partial charge < -0.3 is 25.2 Å². The van der Waals surface area contributed by atoms with E-state index in [9.17, 15) is 33.0 Å².